The monoisotopic (exact) mass is 250 g/mol. The van der Waals surface area contributed by atoms with E-state index in [9.17, 15) is 5.11 Å². The molecule has 0 bridgehead atoms. The second-order valence-corrected chi connectivity index (χ2v) is 5.59. The largest absolute Gasteiger partial charge is 0.386 e. The molecular formula is C13H22N4O. The van der Waals surface area contributed by atoms with Crippen molar-refractivity contribution in [3.63, 3.8) is 0 Å². The Kier molecular flexibility index (Phi) is 3.54. The van der Waals surface area contributed by atoms with Crippen molar-refractivity contribution < 1.29 is 5.11 Å². The predicted molar refractivity (Wildman–Crippen MR) is 71.5 cm³/mol. The van der Waals surface area contributed by atoms with Gasteiger partial charge in [0.2, 0.25) is 5.95 Å². The number of hydrogen-bond acceptors (Lipinski definition) is 5. The fourth-order valence-electron chi connectivity index (χ4n) is 2.30. The van der Waals surface area contributed by atoms with E-state index in [2.05, 4.69) is 34.0 Å². The van der Waals surface area contributed by atoms with Gasteiger partial charge in [0.1, 0.15) is 0 Å². The van der Waals surface area contributed by atoms with E-state index in [-0.39, 0.29) is 0 Å². The summed E-state index contributed by atoms with van der Waals surface area (Å²) in [5.41, 5.74) is -0.152. The summed E-state index contributed by atoms with van der Waals surface area (Å²) in [4.78, 5) is 11.0. The molecule has 100 valence electrons. The lowest BCUT2D eigenvalue weighted by molar-refractivity contribution is 0.0778. The van der Waals surface area contributed by atoms with Crippen LogP contribution in [0.5, 0.6) is 0 Å². The van der Waals surface area contributed by atoms with Gasteiger partial charge in [-0.1, -0.05) is 0 Å². The fraction of sp³-hybridized carbons (Fsp3) is 0.692. The highest BCUT2D eigenvalue weighted by Gasteiger charge is 2.27. The quantitative estimate of drug-likeness (QED) is 0.816. The molecule has 1 aromatic rings. The minimum Gasteiger partial charge on any atom is -0.386 e. The van der Waals surface area contributed by atoms with E-state index >= 15 is 0 Å². The standard InChI is InChI=1S/C13H22N4O/c1-9-5-14-6-10(2)17(9)12-15-7-11(8-16-12)13(3,4)18/h7-10,14,18H,5-6H2,1-4H3/t9-,10+. The third kappa shape index (κ3) is 2.62. The van der Waals surface area contributed by atoms with Crippen molar-refractivity contribution >= 4 is 5.95 Å². The van der Waals surface area contributed by atoms with Gasteiger partial charge in [-0.3, -0.25) is 0 Å². The maximum atomic E-state index is 9.89. The molecule has 1 saturated heterocycles. The number of nitrogens with zero attached hydrogens (tertiary/aromatic N) is 3. The van der Waals surface area contributed by atoms with Gasteiger partial charge in [-0.25, -0.2) is 9.97 Å². The summed E-state index contributed by atoms with van der Waals surface area (Å²) in [7, 11) is 0. The van der Waals surface area contributed by atoms with Crippen LogP contribution in [0.4, 0.5) is 5.95 Å². The summed E-state index contributed by atoms with van der Waals surface area (Å²) in [6.45, 7) is 9.69. The van der Waals surface area contributed by atoms with Gasteiger partial charge in [0.05, 0.1) is 5.60 Å². The molecule has 0 aliphatic carbocycles. The zero-order chi connectivity index (χ0) is 13.3. The average molecular weight is 250 g/mol. The molecule has 5 nitrogen and oxygen atoms in total. The van der Waals surface area contributed by atoms with Crippen LogP contribution in [0.25, 0.3) is 0 Å². The molecule has 1 aliphatic heterocycles. The maximum absolute atomic E-state index is 9.89. The van der Waals surface area contributed by atoms with Gasteiger partial charge in [0.15, 0.2) is 0 Å². The third-order valence-corrected chi connectivity index (χ3v) is 3.40. The Balaban J connectivity index is 2.23. The zero-order valence-corrected chi connectivity index (χ0v) is 11.5. The number of rotatable bonds is 2. The van der Waals surface area contributed by atoms with Crippen LogP contribution < -0.4 is 10.2 Å². The van der Waals surface area contributed by atoms with Crippen molar-refractivity contribution in [2.45, 2.75) is 45.4 Å². The van der Waals surface area contributed by atoms with Crippen molar-refractivity contribution in [2.75, 3.05) is 18.0 Å². The molecular weight excluding hydrogens is 228 g/mol. The van der Waals surface area contributed by atoms with E-state index in [0.717, 1.165) is 24.6 Å². The molecule has 0 aromatic carbocycles. The van der Waals surface area contributed by atoms with Crippen LogP contribution in [0.15, 0.2) is 12.4 Å². The molecule has 0 unspecified atom stereocenters. The SMILES string of the molecule is C[C@@H]1CNC[C@H](C)N1c1ncc(C(C)(C)O)cn1. The number of aliphatic hydroxyl groups is 1. The molecule has 2 heterocycles. The van der Waals surface area contributed by atoms with Crippen molar-refractivity contribution in [3.05, 3.63) is 18.0 Å². The van der Waals surface area contributed by atoms with Gasteiger partial charge in [-0.05, 0) is 27.7 Å². The maximum Gasteiger partial charge on any atom is 0.225 e. The summed E-state index contributed by atoms with van der Waals surface area (Å²) in [6.07, 6.45) is 3.42. The van der Waals surface area contributed by atoms with E-state index < -0.39 is 5.60 Å². The third-order valence-electron chi connectivity index (χ3n) is 3.40. The van der Waals surface area contributed by atoms with Gasteiger partial charge in [0.25, 0.3) is 0 Å². The van der Waals surface area contributed by atoms with Crippen molar-refractivity contribution in [2.24, 2.45) is 0 Å². The Morgan fingerprint density at radius 3 is 2.17 bits per heavy atom. The van der Waals surface area contributed by atoms with Gasteiger partial charge in [-0.15, -0.1) is 0 Å². The van der Waals surface area contributed by atoms with Gasteiger partial charge >= 0.3 is 0 Å². The molecule has 2 N–H and O–H groups in total. The van der Waals surface area contributed by atoms with Gasteiger partial charge in [0, 0.05) is 43.1 Å². The first-order valence-electron chi connectivity index (χ1n) is 6.43. The van der Waals surface area contributed by atoms with Crippen LogP contribution in [-0.4, -0.2) is 40.2 Å². The normalized spacial score (nSPS) is 25.3. The highest BCUT2D eigenvalue weighted by molar-refractivity contribution is 5.35. The molecule has 0 spiro atoms. The second-order valence-electron chi connectivity index (χ2n) is 5.59. The van der Waals surface area contributed by atoms with E-state index in [0.29, 0.717) is 12.1 Å². The van der Waals surface area contributed by atoms with Crippen LogP contribution in [0.3, 0.4) is 0 Å². The number of aromatic nitrogens is 2. The molecule has 2 rings (SSSR count). The Hall–Kier alpha value is -1.20. The van der Waals surface area contributed by atoms with Crippen LogP contribution in [-0.2, 0) is 5.60 Å². The van der Waals surface area contributed by atoms with Crippen LogP contribution >= 0.6 is 0 Å². The van der Waals surface area contributed by atoms with E-state index in [4.69, 9.17) is 0 Å². The molecule has 1 fully saturated rings. The lowest BCUT2D eigenvalue weighted by Crippen LogP contribution is -2.55. The van der Waals surface area contributed by atoms with Crippen LogP contribution in [0.2, 0.25) is 0 Å². The molecule has 0 saturated carbocycles. The number of nitrogens with one attached hydrogen (secondary N) is 1. The summed E-state index contributed by atoms with van der Waals surface area (Å²) in [5.74, 6) is 0.740. The molecule has 1 aliphatic rings. The zero-order valence-electron chi connectivity index (χ0n) is 11.5. The molecule has 0 radical (unpaired) electrons. The van der Waals surface area contributed by atoms with Gasteiger partial charge in [-0.2, -0.15) is 0 Å². The van der Waals surface area contributed by atoms with Crippen LogP contribution in [0.1, 0.15) is 33.3 Å². The topological polar surface area (TPSA) is 61.3 Å². The first-order valence-corrected chi connectivity index (χ1v) is 6.43. The smallest absolute Gasteiger partial charge is 0.225 e. The van der Waals surface area contributed by atoms with Crippen molar-refractivity contribution in [3.8, 4) is 0 Å². The minimum absolute atomic E-state index is 0.377. The molecule has 18 heavy (non-hydrogen) atoms. The summed E-state index contributed by atoms with van der Waals surface area (Å²) >= 11 is 0. The second kappa shape index (κ2) is 4.82. The summed E-state index contributed by atoms with van der Waals surface area (Å²) in [5, 5.41) is 13.3. The average Bonchev–Trinajstić information content (AvgIpc) is 2.28. The Morgan fingerprint density at radius 2 is 1.72 bits per heavy atom. The Morgan fingerprint density at radius 1 is 1.22 bits per heavy atom. The lowest BCUT2D eigenvalue weighted by Gasteiger charge is -2.39. The Labute approximate surface area is 108 Å². The highest BCUT2D eigenvalue weighted by Crippen LogP contribution is 2.21. The number of piperazine rings is 1. The van der Waals surface area contributed by atoms with Gasteiger partial charge < -0.3 is 15.3 Å². The summed E-state index contributed by atoms with van der Waals surface area (Å²) in [6, 6.07) is 0.753. The number of anilines is 1. The molecule has 2 atom stereocenters. The minimum atomic E-state index is -0.890. The highest BCUT2D eigenvalue weighted by atomic mass is 16.3. The van der Waals surface area contributed by atoms with Crippen LogP contribution in [0, 0.1) is 0 Å². The first-order chi connectivity index (χ1) is 8.39. The number of hydrogen-bond donors (Lipinski definition) is 2. The van der Waals surface area contributed by atoms with E-state index in [1.165, 1.54) is 0 Å². The van der Waals surface area contributed by atoms with E-state index in [1.54, 1.807) is 26.2 Å². The lowest BCUT2D eigenvalue weighted by atomic mass is 10.0. The van der Waals surface area contributed by atoms with Crippen molar-refractivity contribution in [1.29, 1.82) is 0 Å². The Bertz CT molecular complexity index is 388. The predicted octanol–water partition coefficient (Wildman–Crippen LogP) is 0.891. The fourth-order valence-corrected chi connectivity index (χ4v) is 2.30. The first kappa shape index (κ1) is 13.2. The van der Waals surface area contributed by atoms with Crippen molar-refractivity contribution in [1.82, 2.24) is 15.3 Å². The molecule has 0 amide bonds. The summed E-state index contributed by atoms with van der Waals surface area (Å²) < 4.78 is 0. The van der Waals surface area contributed by atoms with E-state index in [1.807, 2.05) is 0 Å². The molecule has 1 aromatic heterocycles. The molecule has 5 heteroatoms.